The van der Waals surface area contributed by atoms with E-state index >= 15 is 0 Å². The average molecular weight is 328 g/mol. The van der Waals surface area contributed by atoms with E-state index in [1.807, 2.05) is 6.08 Å². The zero-order valence-electron chi connectivity index (χ0n) is 15.6. The molecule has 0 unspecified atom stereocenters. The van der Waals surface area contributed by atoms with Crippen molar-refractivity contribution < 1.29 is 9.59 Å². The monoisotopic (exact) mass is 328 g/mol. The van der Waals surface area contributed by atoms with Gasteiger partial charge in [0, 0.05) is 17.8 Å². The molecule has 4 rings (SSSR count). The lowest BCUT2D eigenvalue weighted by Crippen LogP contribution is -2.51. The van der Waals surface area contributed by atoms with Crippen LogP contribution in [0.2, 0.25) is 0 Å². The summed E-state index contributed by atoms with van der Waals surface area (Å²) in [6.07, 6.45) is 11.7. The molecule has 0 saturated heterocycles. The van der Waals surface area contributed by atoms with E-state index in [2.05, 4.69) is 20.8 Å². The summed E-state index contributed by atoms with van der Waals surface area (Å²) in [6, 6.07) is 0. The zero-order chi connectivity index (χ0) is 17.1. The van der Waals surface area contributed by atoms with Crippen molar-refractivity contribution in [1.29, 1.82) is 0 Å². The van der Waals surface area contributed by atoms with Gasteiger partial charge in [-0.25, -0.2) is 0 Å². The van der Waals surface area contributed by atoms with Gasteiger partial charge in [-0.3, -0.25) is 9.59 Å². The van der Waals surface area contributed by atoms with E-state index in [0.717, 1.165) is 44.9 Å². The fourth-order valence-corrected chi connectivity index (χ4v) is 7.11. The Morgan fingerprint density at radius 3 is 2.54 bits per heavy atom. The molecule has 0 aromatic heterocycles. The van der Waals surface area contributed by atoms with Gasteiger partial charge in [-0.1, -0.05) is 32.8 Å². The lowest BCUT2D eigenvalue weighted by molar-refractivity contribution is -0.133. The Balaban J connectivity index is 1.67. The van der Waals surface area contributed by atoms with E-state index in [9.17, 15) is 9.59 Å². The molecule has 0 aromatic rings. The first-order valence-electron chi connectivity index (χ1n) is 10.2. The first-order valence-corrected chi connectivity index (χ1v) is 10.2. The van der Waals surface area contributed by atoms with E-state index in [1.54, 1.807) is 0 Å². The second kappa shape index (κ2) is 5.54. The van der Waals surface area contributed by atoms with Crippen molar-refractivity contribution in [3.8, 4) is 0 Å². The highest BCUT2D eigenvalue weighted by Gasteiger charge is 2.59. The lowest BCUT2D eigenvalue weighted by Gasteiger charge is -2.57. The molecule has 24 heavy (non-hydrogen) atoms. The molecule has 0 bridgehead atoms. The summed E-state index contributed by atoms with van der Waals surface area (Å²) in [7, 11) is 0. The van der Waals surface area contributed by atoms with Gasteiger partial charge in [0.2, 0.25) is 0 Å². The second-order valence-corrected chi connectivity index (χ2v) is 9.51. The molecule has 3 fully saturated rings. The van der Waals surface area contributed by atoms with E-state index in [1.165, 1.54) is 18.4 Å². The number of carbonyl (C=O) groups excluding carboxylic acids is 2. The molecule has 0 amide bonds. The van der Waals surface area contributed by atoms with Crippen LogP contribution in [0.25, 0.3) is 0 Å². The van der Waals surface area contributed by atoms with Gasteiger partial charge < -0.3 is 0 Å². The summed E-state index contributed by atoms with van der Waals surface area (Å²) in [5, 5.41) is 0. The Morgan fingerprint density at radius 2 is 1.79 bits per heavy atom. The second-order valence-electron chi connectivity index (χ2n) is 9.51. The van der Waals surface area contributed by atoms with Gasteiger partial charge in [0.05, 0.1) is 0 Å². The smallest absolute Gasteiger partial charge is 0.158 e. The van der Waals surface area contributed by atoms with Crippen LogP contribution in [0.5, 0.6) is 0 Å². The zero-order valence-corrected chi connectivity index (χ0v) is 15.6. The predicted octanol–water partition coefficient (Wildman–Crippen LogP) is 5.11. The van der Waals surface area contributed by atoms with Crippen LogP contribution in [0.1, 0.15) is 78.6 Å². The molecule has 4 aliphatic rings. The molecule has 0 radical (unpaired) electrons. The minimum absolute atomic E-state index is 0.0357. The molecular formula is C22H32O2. The van der Waals surface area contributed by atoms with Crippen molar-refractivity contribution in [1.82, 2.24) is 0 Å². The van der Waals surface area contributed by atoms with Gasteiger partial charge in [-0.2, -0.15) is 0 Å². The topological polar surface area (TPSA) is 34.1 Å². The third kappa shape index (κ3) is 2.14. The number of hydrogen-bond donors (Lipinski definition) is 0. The van der Waals surface area contributed by atoms with Crippen LogP contribution in [0.15, 0.2) is 11.6 Å². The summed E-state index contributed by atoms with van der Waals surface area (Å²) in [5.41, 5.74) is 1.62. The van der Waals surface area contributed by atoms with Crippen LogP contribution in [0.3, 0.4) is 0 Å². The third-order valence-electron chi connectivity index (χ3n) is 8.47. The summed E-state index contributed by atoms with van der Waals surface area (Å²) < 4.78 is 0. The Hall–Kier alpha value is -0.920. The minimum atomic E-state index is -0.0357. The fourth-order valence-electron chi connectivity index (χ4n) is 7.11. The quantitative estimate of drug-likeness (QED) is 0.705. The number of hydrogen-bond acceptors (Lipinski definition) is 2. The maximum atomic E-state index is 12.5. The molecule has 0 N–H and O–H groups in total. The average Bonchev–Trinajstić information content (AvgIpc) is 2.85. The van der Waals surface area contributed by atoms with Crippen molar-refractivity contribution in [2.75, 3.05) is 0 Å². The van der Waals surface area contributed by atoms with Crippen LogP contribution in [0, 0.1) is 34.5 Å². The number of carbonyl (C=O) groups is 2. The Morgan fingerprint density at radius 1 is 1.04 bits per heavy atom. The van der Waals surface area contributed by atoms with E-state index in [4.69, 9.17) is 0 Å². The minimum Gasteiger partial charge on any atom is -0.299 e. The summed E-state index contributed by atoms with van der Waals surface area (Å²) in [6.45, 7) is 6.89. The van der Waals surface area contributed by atoms with E-state index in [0.29, 0.717) is 29.3 Å². The molecule has 132 valence electrons. The van der Waals surface area contributed by atoms with Gasteiger partial charge in [0.1, 0.15) is 5.78 Å². The standard InChI is InChI=1S/C22H32O2/c1-4-5-14-13-22(3)15(12-19(14)23)6-7-16-17-8-9-20(24)21(17,2)11-10-18(16)22/h12,14,16-18H,4-11,13H2,1-3H3/t14-,16+,17+,18+,21+,22+/m1/s1. The molecule has 6 atom stereocenters. The molecule has 2 heteroatoms. The van der Waals surface area contributed by atoms with Gasteiger partial charge in [-0.05, 0) is 74.2 Å². The number of ketones is 2. The van der Waals surface area contributed by atoms with Crippen LogP contribution in [0.4, 0.5) is 0 Å². The molecule has 0 heterocycles. The number of Topliss-reactive ketones (excluding diaryl/α,β-unsaturated/α-hetero) is 1. The third-order valence-corrected chi connectivity index (χ3v) is 8.47. The van der Waals surface area contributed by atoms with Crippen molar-refractivity contribution in [3.63, 3.8) is 0 Å². The van der Waals surface area contributed by atoms with Gasteiger partial charge in [0.25, 0.3) is 0 Å². The highest BCUT2D eigenvalue weighted by Crippen LogP contribution is 2.64. The molecule has 0 aromatic carbocycles. The molecule has 0 spiro atoms. The Bertz CT molecular complexity index is 603. The van der Waals surface area contributed by atoms with Crippen LogP contribution in [-0.4, -0.2) is 11.6 Å². The van der Waals surface area contributed by atoms with Crippen LogP contribution < -0.4 is 0 Å². The largest absolute Gasteiger partial charge is 0.299 e. The Labute approximate surface area is 146 Å². The van der Waals surface area contributed by atoms with Gasteiger partial charge >= 0.3 is 0 Å². The van der Waals surface area contributed by atoms with Crippen LogP contribution in [-0.2, 0) is 9.59 Å². The lowest BCUT2D eigenvalue weighted by atomic mass is 9.46. The van der Waals surface area contributed by atoms with Crippen molar-refractivity contribution in [2.24, 2.45) is 34.5 Å². The Kier molecular flexibility index (Phi) is 3.82. The van der Waals surface area contributed by atoms with Crippen molar-refractivity contribution in [3.05, 3.63) is 11.6 Å². The molecule has 3 saturated carbocycles. The number of allylic oxidation sites excluding steroid dienone is 1. The summed E-state index contributed by atoms with van der Waals surface area (Å²) >= 11 is 0. The highest BCUT2D eigenvalue weighted by molar-refractivity contribution is 5.93. The van der Waals surface area contributed by atoms with Crippen molar-refractivity contribution in [2.45, 2.75) is 78.6 Å². The SMILES string of the molecule is CCC[C@@H]1C[C@@]2(C)C(=CC1=O)CC[C@@H]1[C@@H]2CC[C@]2(C)C(=O)CC[C@@H]12. The predicted molar refractivity (Wildman–Crippen MR) is 95.5 cm³/mol. The molecule has 0 aliphatic heterocycles. The summed E-state index contributed by atoms with van der Waals surface area (Å²) in [4.78, 5) is 25.0. The maximum Gasteiger partial charge on any atom is 0.158 e. The van der Waals surface area contributed by atoms with Gasteiger partial charge in [0.15, 0.2) is 5.78 Å². The van der Waals surface area contributed by atoms with Crippen molar-refractivity contribution >= 4 is 11.6 Å². The summed E-state index contributed by atoms with van der Waals surface area (Å²) in [5.74, 6) is 3.15. The molecular weight excluding hydrogens is 296 g/mol. The number of fused-ring (bicyclic) bond motifs is 5. The first-order chi connectivity index (χ1) is 11.4. The fraction of sp³-hybridized carbons (Fsp3) is 0.818. The van der Waals surface area contributed by atoms with Gasteiger partial charge in [-0.15, -0.1) is 0 Å². The van der Waals surface area contributed by atoms with E-state index < -0.39 is 0 Å². The van der Waals surface area contributed by atoms with E-state index in [-0.39, 0.29) is 16.7 Å². The molecule has 4 aliphatic carbocycles. The van der Waals surface area contributed by atoms with Crippen LogP contribution >= 0.6 is 0 Å². The normalized spacial score (nSPS) is 47.7. The molecule has 2 nitrogen and oxygen atoms in total. The maximum absolute atomic E-state index is 12.5. The highest BCUT2D eigenvalue weighted by atomic mass is 16.1. The first kappa shape index (κ1) is 16.5. The number of rotatable bonds is 2.